The van der Waals surface area contributed by atoms with E-state index in [1.165, 1.54) is 7.11 Å². The van der Waals surface area contributed by atoms with E-state index in [9.17, 15) is 4.79 Å². The Morgan fingerprint density at radius 3 is 2.75 bits per heavy atom. The third-order valence-corrected chi connectivity index (χ3v) is 3.10. The molecule has 0 fully saturated rings. The van der Waals surface area contributed by atoms with Gasteiger partial charge in [-0.25, -0.2) is 0 Å². The summed E-state index contributed by atoms with van der Waals surface area (Å²) in [6, 6.07) is 6.69. The van der Waals surface area contributed by atoms with Gasteiger partial charge in [0.1, 0.15) is 5.75 Å². The van der Waals surface area contributed by atoms with Crippen LogP contribution in [0.1, 0.15) is 35.8 Å². The predicted octanol–water partition coefficient (Wildman–Crippen LogP) is 3.45. The molecule has 0 saturated carbocycles. The summed E-state index contributed by atoms with van der Waals surface area (Å²) in [5.41, 5.74) is 1.33. The first-order valence-corrected chi connectivity index (χ1v) is 6.59. The van der Waals surface area contributed by atoms with Crippen LogP contribution in [0.2, 0.25) is 5.02 Å². The normalized spacial score (nSPS) is 10.7. The second-order valence-corrected chi connectivity index (χ2v) is 5.10. The lowest BCUT2D eigenvalue weighted by Crippen LogP contribution is -2.13. The smallest absolute Gasteiger partial charge is 0.260 e. The molecule has 2 N–H and O–H groups in total. The SMILES string of the molecule is COc1ccc(Cl)cc1C(=O)Nc1cc(C(C)C)[nH]n1. The van der Waals surface area contributed by atoms with Gasteiger partial charge in [0.2, 0.25) is 0 Å². The number of benzene rings is 1. The highest BCUT2D eigenvalue weighted by molar-refractivity contribution is 6.31. The molecule has 1 heterocycles. The van der Waals surface area contributed by atoms with Crippen molar-refractivity contribution in [2.24, 2.45) is 0 Å². The van der Waals surface area contributed by atoms with Gasteiger partial charge in [-0.15, -0.1) is 0 Å². The van der Waals surface area contributed by atoms with Gasteiger partial charge in [-0.3, -0.25) is 9.89 Å². The summed E-state index contributed by atoms with van der Waals surface area (Å²) >= 11 is 5.91. The van der Waals surface area contributed by atoms with Crippen molar-refractivity contribution in [3.63, 3.8) is 0 Å². The molecular weight excluding hydrogens is 278 g/mol. The number of nitrogens with zero attached hydrogens (tertiary/aromatic N) is 1. The summed E-state index contributed by atoms with van der Waals surface area (Å²) in [4.78, 5) is 12.2. The average Bonchev–Trinajstić information content (AvgIpc) is 2.87. The lowest BCUT2D eigenvalue weighted by Gasteiger charge is -2.08. The summed E-state index contributed by atoms with van der Waals surface area (Å²) in [7, 11) is 1.51. The number of methoxy groups -OCH3 is 1. The van der Waals surface area contributed by atoms with E-state index in [1.54, 1.807) is 24.3 Å². The van der Waals surface area contributed by atoms with Gasteiger partial charge in [-0.1, -0.05) is 25.4 Å². The van der Waals surface area contributed by atoms with Gasteiger partial charge in [0, 0.05) is 16.8 Å². The van der Waals surface area contributed by atoms with Crippen LogP contribution < -0.4 is 10.1 Å². The summed E-state index contributed by atoms with van der Waals surface area (Å²) < 4.78 is 5.15. The second kappa shape index (κ2) is 5.96. The van der Waals surface area contributed by atoms with Crippen molar-refractivity contribution in [1.29, 1.82) is 0 Å². The predicted molar refractivity (Wildman–Crippen MR) is 78.6 cm³/mol. The molecule has 0 aliphatic rings. The van der Waals surface area contributed by atoms with Crippen LogP contribution in [0.3, 0.4) is 0 Å². The summed E-state index contributed by atoms with van der Waals surface area (Å²) in [6.45, 7) is 4.08. The van der Waals surface area contributed by atoms with Gasteiger partial charge >= 0.3 is 0 Å². The molecule has 0 saturated heterocycles. The number of ether oxygens (including phenoxy) is 1. The number of H-pyrrole nitrogens is 1. The van der Waals surface area contributed by atoms with Crippen molar-refractivity contribution in [2.75, 3.05) is 12.4 Å². The van der Waals surface area contributed by atoms with E-state index in [0.717, 1.165) is 5.69 Å². The van der Waals surface area contributed by atoms with Gasteiger partial charge in [0.15, 0.2) is 5.82 Å². The van der Waals surface area contributed by atoms with Crippen molar-refractivity contribution in [1.82, 2.24) is 10.2 Å². The van der Waals surface area contributed by atoms with Gasteiger partial charge in [0.05, 0.1) is 12.7 Å². The van der Waals surface area contributed by atoms with E-state index in [2.05, 4.69) is 15.5 Å². The van der Waals surface area contributed by atoms with Crippen molar-refractivity contribution in [2.45, 2.75) is 19.8 Å². The maximum absolute atomic E-state index is 12.2. The molecule has 0 unspecified atom stereocenters. The lowest BCUT2D eigenvalue weighted by molar-refractivity contribution is 0.102. The number of aromatic nitrogens is 2. The lowest BCUT2D eigenvalue weighted by atomic mass is 10.1. The Balaban J connectivity index is 2.21. The second-order valence-electron chi connectivity index (χ2n) is 4.66. The van der Waals surface area contributed by atoms with Crippen molar-refractivity contribution in [3.8, 4) is 5.75 Å². The summed E-state index contributed by atoms with van der Waals surface area (Å²) in [6.07, 6.45) is 0. The zero-order chi connectivity index (χ0) is 14.7. The number of hydrogen-bond acceptors (Lipinski definition) is 3. The third kappa shape index (κ3) is 3.11. The van der Waals surface area contributed by atoms with Crippen LogP contribution in [0.4, 0.5) is 5.82 Å². The minimum atomic E-state index is -0.314. The molecule has 2 aromatic rings. The maximum atomic E-state index is 12.2. The molecule has 0 radical (unpaired) electrons. The zero-order valence-corrected chi connectivity index (χ0v) is 12.3. The Morgan fingerprint density at radius 2 is 2.15 bits per heavy atom. The minimum Gasteiger partial charge on any atom is -0.496 e. The van der Waals surface area contributed by atoms with E-state index in [-0.39, 0.29) is 5.91 Å². The minimum absolute atomic E-state index is 0.314. The number of carbonyl (C=O) groups is 1. The quantitative estimate of drug-likeness (QED) is 0.907. The van der Waals surface area contributed by atoms with E-state index >= 15 is 0 Å². The number of amides is 1. The molecule has 0 bridgehead atoms. The first kappa shape index (κ1) is 14.4. The molecular formula is C14H16ClN3O2. The van der Waals surface area contributed by atoms with E-state index in [0.29, 0.717) is 28.1 Å². The highest BCUT2D eigenvalue weighted by atomic mass is 35.5. The number of rotatable bonds is 4. The zero-order valence-electron chi connectivity index (χ0n) is 11.5. The molecule has 6 heteroatoms. The molecule has 20 heavy (non-hydrogen) atoms. The molecule has 1 aromatic heterocycles. The van der Waals surface area contributed by atoms with Gasteiger partial charge in [0.25, 0.3) is 5.91 Å². The molecule has 0 atom stereocenters. The van der Waals surface area contributed by atoms with Crippen LogP contribution in [0.15, 0.2) is 24.3 Å². The standard InChI is InChI=1S/C14H16ClN3O2/c1-8(2)11-7-13(18-17-11)16-14(19)10-6-9(15)4-5-12(10)20-3/h4-8H,1-3H3,(H2,16,17,18,19). The fraction of sp³-hybridized carbons (Fsp3) is 0.286. The third-order valence-electron chi connectivity index (χ3n) is 2.87. The number of carbonyl (C=O) groups excluding carboxylic acids is 1. The topological polar surface area (TPSA) is 67.0 Å². The first-order chi connectivity index (χ1) is 9.51. The van der Waals surface area contributed by atoms with Crippen LogP contribution in [-0.4, -0.2) is 23.2 Å². The van der Waals surface area contributed by atoms with Gasteiger partial charge in [-0.2, -0.15) is 5.10 Å². The van der Waals surface area contributed by atoms with E-state index in [1.807, 2.05) is 13.8 Å². The number of halogens is 1. The summed E-state index contributed by atoms with van der Waals surface area (Å²) in [5.74, 6) is 0.937. The Hall–Kier alpha value is -2.01. The van der Waals surface area contributed by atoms with Crippen LogP contribution in [-0.2, 0) is 0 Å². The molecule has 1 amide bonds. The Labute approximate surface area is 122 Å². The average molecular weight is 294 g/mol. The number of hydrogen-bond donors (Lipinski definition) is 2. The van der Waals surface area contributed by atoms with E-state index in [4.69, 9.17) is 16.3 Å². The van der Waals surface area contributed by atoms with Crippen LogP contribution in [0, 0.1) is 0 Å². The molecule has 1 aromatic carbocycles. The van der Waals surface area contributed by atoms with Gasteiger partial charge < -0.3 is 10.1 Å². The fourth-order valence-corrected chi connectivity index (χ4v) is 1.91. The monoisotopic (exact) mass is 293 g/mol. The van der Waals surface area contributed by atoms with Crippen LogP contribution in [0.5, 0.6) is 5.75 Å². The van der Waals surface area contributed by atoms with Crippen molar-refractivity contribution < 1.29 is 9.53 Å². The number of anilines is 1. The fourth-order valence-electron chi connectivity index (χ4n) is 1.74. The first-order valence-electron chi connectivity index (χ1n) is 6.21. The molecule has 106 valence electrons. The molecule has 5 nitrogen and oxygen atoms in total. The van der Waals surface area contributed by atoms with E-state index < -0.39 is 0 Å². The van der Waals surface area contributed by atoms with Crippen molar-refractivity contribution >= 4 is 23.3 Å². The van der Waals surface area contributed by atoms with Crippen LogP contribution in [0.25, 0.3) is 0 Å². The highest BCUT2D eigenvalue weighted by Gasteiger charge is 2.15. The highest BCUT2D eigenvalue weighted by Crippen LogP contribution is 2.24. The Kier molecular flexibility index (Phi) is 4.29. The Bertz CT molecular complexity index is 623. The summed E-state index contributed by atoms with van der Waals surface area (Å²) in [5, 5.41) is 10.1. The van der Waals surface area contributed by atoms with Crippen LogP contribution >= 0.6 is 11.6 Å². The number of aromatic amines is 1. The largest absolute Gasteiger partial charge is 0.496 e. The molecule has 0 spiro atoms. The maximum Gasteiger partial charge on any atom is 0.260 e. The van der Waals surface area contributed by atoms with Crippen molar-refractivity contribution in [3.05, 3.63) is 40.5 Å². The number of nitrogens with one attached hydrogen (secondary N) is 2. The molecule has 0 aliphatic heterocycles. The Morgan fingerprint density at radius 1 is 1.40 bits per heavy atom. The molecule has 0 aliphatic carbocycles. The van der Waals surface area contributed by atoms with Gasteiger partial charge in [-0.05, 0) is 24.1 Å². The molecule has 2 rings (SSSR count).